The van der Waals surface area contributed by atoms with Crippen LogP contribution >= 0.6 is 22.7 Å². The first-order valence-corrected chi connectivity index (χ1v) is 10.9. The van der Waals surface area contributed by atoms with E-state index in [1.807, 2.05) is 19.1 Å². The van der Waals surface area contributed by atoms with Crippen molar-refractivity contribution < 1.29 is 9.13 Å². The van der Waals surface area contributed by atoms with E-state index >= 15 is 0 Å². The number of thiazole rings is 2. The maximum Gasteiger partial charge on any atom is 0.186 e. The predicted molar refractivity (Wildman–Crippen MR) is 115 cm³/mol. The average molecular weight is 415 g/mol. The van der Waals surface area contributed by atoms with Gasteiger partial charge in [0.25, 0.3) is 0 Å². The van der Waals surface area contributed by atoms with Crippen molar-refractivity contribution in [3.63, 3.8) is 0 Å². The normalized spacial score (nSPS) is 14.9. The fourth-order valence-corrected chi connectivity index (χ4v) is 5.48. The fourth-order valence-electron chi connectivity index (χ4n) is 3.40. The summed E-state index contributed by atoms with van der Waals surface area (Å²) in [6.45, 7) is 6.19. The summed E-state index contributed by atoms with van der Waals surface area (Å²) < 4.78 is 21.1. The molecule has 3 heterocycles. The van der Waals surface area contributed by atoms with Crippen molar-refractivity contribution >= 4 is 53.4 Å². The number of hydrogen-bond acceptors (Lipinski definition) is 7. The number of halogens is 1. The third-order valence-corrected chi connectivity index (χ3v) is 6.98. The third-order valence-electron chi connectivity index (χ3n) is 4.82. The summed E-state index contributed by atoms with van der Waals surface area (Å²) in [5.41, 5.74) is 1.87. The SMILES string of the molecule is CCOc1ccc2nc(N3CCN(c4nc5ccc(F)cc5s4)CC3)sc2c1. The number of benzene rings is 2. The summed E-state index contributed by atoms with van der Waals surface area (Å²) in [5.74, 6) is 0.679. The topological polar surface area (TPSA) is 41.5 Å². The molecule has 144 valence electrons. The Morgan fingerprint density at radius 2 is 1.46 bits per heavy atom. The van der Waals surface area contributed by atoms with Crippen molar-refractivity contribution in [2.75, 3.05) is 42.6 Å². The lowest BCUT2D eigenvalue weighted by atomic mass is 10.3. The first-order chi connectivity index (χ1) is 13.7. The minimum Gasteiger partial charge on any atom is -0.494 e. The maximum absolute atomic E-state index is 13.4. The lowest BCUT2D eigenvalue weighted by molar-refractivity contribution is 0.341. The van der Waals surface area contributed by atoms with Crippen molar-refractivity contribution in [2.45, 2.75) is 6.92 Å². The van der Waals surface area contributed by atoms with Gasteiger partial charge in [0, 0.05) is 26.2 Å². The van der Waals surface area contributed by atoms with Gasteiger partial charge >= 0.3 is 0 Å². The zero-order valence-corrected chi connectivity index (χ0v) is 17.0. The van der Waals surface area contributed by atoms with Crippen LogP contribution in [-0.4, -0.2) is 42.8 Å². The van der Waals surface area contributed by atoms with Crippen molar-refractivity contribution in [3.05, 3.63) is 42.2 Å². The molecular formula is C20H19FN4OS2. The summed E-state index contributed by atoms with van der Waals surface area (Å²) >= 11 is 3.26. The Hall–Kier alpha value is -2.45. The number of nitrogens with zero attached hydrogens (tertiary/aromatic N) is 4. The van der Waals surface area contributed by atoms with Crippen LogP contribution in [0.5, 0.6) is 5.75 Å². The van der Waals surface area contributed by atoms with Gasteiger partial charge in [-0.25, -0.2) is 14.4 Å². The molecule has 0 N–H and O–H groups in total. The zero-order chi connectivity index (χ0) is 19.1. The number of ether oxygens (including phenoxy) is 1. The lowest BCUT2D eigenvalue weighted by Gasteiger charge is -2.34. The Kier molecular flexibility index (Phi) is 4.52. The number of hydrogen-bond donors (Lipinski definition) is 0. The molecule has 1 aliphatic heterocycles. The van der Waals surface area contributed by atoms with Gasteiger partial charge in [-0.05, 0) is 43.3 Å². The summed E-state index contributed by atoms with van der Waals surface area (Å²) in [7, 11) is 0. The summed E-state index contributed by atoms with van der Waals surface area (Å²) in [6.07, 6.45) is 0. The zero-order valence-electron chi connectivity index (χ0n) is 15.4. The number of piperazine rings is 1. The number of rotatable bonds is 4. The van der Waals surface area contributed by atoms with Gasteiger partial charge in [-0.15, -0.1) is 0 Å². The monoisotopic (exact) mass is 414 g/mol. The molecule has 0 atom stereocenters. The van der Waals surface area contributed by atoms with Gasteiger partial charge in [0.1, 0.15) is 11.6 Å². The standard InChI is InChI=1S/C20H19FN4OS2/c1-2-26-14-4-6-16-18(12-14)28-20(23-16)25-9-7-24(8-10-25)19-22-15-5-3-13(21)11-17(15)27-19/h3-6,11-12H,2,7-10H2,1H3. The van der Waals surface area contributed by atoms with Gasteiger partial charge in [-0.3, -0.25) is 0 Å². The quantitative estimate of drug-likeness (QED) is 0.481. The van der Waals surface area contributed by atoms with Crippen molar-refractivity contribution in [3.8, 4) is 5.75 Å². The smallest absolute Gasteiger partial charge is 0.186 e. The highest BCUT2D eigenvalue weighted by molar-refractivity contribution is 7.22. The van der Waals surface area contributed by atoms with E-state index in [0.29, 0.717) is 6.61 Å². The van der Waals surface area contributed by atoms with Crippen LogP contribution in [-0.2, 0) is 0 Å². The highest BCUT2D eigenvalue weighted by atomic mass is 32.1. The van der Waals surface area contributed by atoms with Crippen molar-refractivity contribution in [2.24, 2.45) is 0 Å². The first-order valence-electron chi connectivity index (χ1n) is 9.29. The minimum atomic E-state index is -0.212. The van der Waals surface area contributed by atoms with Crippen LogP contribution in [0.25, 0.3) is 20.4 Å². The number of fused-ring (bicyclic) bond motifs is 2. The average Bonchev–Trinajstić information content (AvgIpc) is 3.31. The molecule has 0 radical (unpaired) electrons. The van der Waals surface area contributed by atoms with E-state index in [4.69, 9.17) is 9.72 Å². The Labute approximate surface area is 170 Å². The van der Waals surface area contributed by atoms with Crippen molar-refractivity contribution in [1.29, 1.82) is 0 Å². The van der Waals surface area contributed by atoms with Gasteiger partial charge in [-0.2, -0.15) is 0 Å². The molecule has 1 saturated heterocycles. The molecule has 8 heteroatoms. The molecule has 5 rings (SSSR count). The molecule has 5 nitrogen and oxygen atoms in total. The highest BCUT2D eigenvalue weighted by Crippen LogP contribution is 2.34. The van der Waals surface area contributed by atoms with Crippen LogP contribution in [0.1, 0.15) is 6.92 Å². The van der Waals surface area contributed by atoms with Crippen LogP contribution in [0, 0.1) is 5.82 Å². The van der Waals surface area contributed by atoms with E-state index in [0.717, 1.165) is 62.6 Å². The minimum absolute atomic E-state index is 0.212. The molecule has 0 bridgehead atoms. The number of anilines is 2. The molecule has 0 spiro atoms. The van der Waals surface area contributed by atoms with E-state index in [9.17, 15) is 4.39 Å². The molecule has 2 aromatic heterocycles. The summed E-state index contributed by atoms with van der Waals surface area (Å²) in [4.78, 5) is 14.1. The van der Waals surface area contributed by atoms with Gasteiger partial charge in [0.2, 0.25) is 0 Å². The van der Waals surface area contributed by atoms with E-state index in [2.05, 4.69) is 20.9 Å². The van der Waals surface area contributed by atoms with Crippen molar-refractivity contribution in [1.82, 2.24) is 9.97 Å². The fraction of sp³-hybridized carbons (Fsp3) is 0.300. The predicted octanol–water partition coefficient (Wildman–Crippen LogP) is 4.77. The summed E-state index contributed by atoms with van der Waals surface area (Å²) in [5, 5.41) is 2.01. The van der Waals surface area contributed by atoms with Crippen LogP contribution < -0.4 is 14.5 Å². The molecule has 2 aromatic carbocycles. The largest absolute Gasteiger partial charge is 0.494 e. The second-order valence-corrected chi connectivity index (χ2v) is 8.66. The van der Waals surface area contributed by atoms with Crippen LogP contribution in [0.15, 0.2) is 36.4 Å². The molecule has 0 saturated carbocycles. The van der Waals surface area contributed by atoms with Gasteiger partial charge < -0.3 is 14.5 Å². The van der Waals surface area contributed by atoms with E-state index in [-0.39, 0.29) is 5.82 Å². The second kappa shape index (κ2) is 7.18. The van der Waals surface area contributed by atoms with Gasteiger partial charge in [-0.1, -0.05) is 22.7 Å². The molecule has 0 aliphatic carbocycles. The van der Waals surface area contributed by atoms with E-state index < -0.39 is 0 Å². The van der Waals surface area contributed by atoms with E-state index in [1.54, 1.807) is 34.8 Å². The Morgan fingerprint density at radius 1 is 0.893 bits per heavy atom. The van der Waals surface area contributed by atoms with Gasteiger partial charge in [0.05, 0.1) is 27.0 Å². The Bertz CT molecular complexity index is 1130. The lowest BCUT2D eigenvalue weighted by Crippen LogP contribution is -2.46. The van der Waals surface area contributed by atoms with E-state index in [1.165, 1.54) is 6.07 Å². The van der Waals surface area contributed by atoms with Gasteiger partial charge in [0.15, 0.2) is 10.3 Å². The molecular weight excluding hydrogens is 395 g/mol. The Balaban J connectivity index is 1.31. The Morgan fingerprint density at radius 3 is 2.07 bits per heavy atom. The molecule has 1 fully saturated rings. The highest BCUT2D eigenvalue weighted by Gasteiger charge is 2.22. The summed E-state index contributed by atoms with van der Waals surface area (Å²) in [6, 6.07) is 10.8. The first kappa shape index (κ1) is 17.6. The molecule has 0 unspecified atom stereocenters. The van der Waals surface area contributed by atoms with Crippen LogP contribution in [0.2, 0.25) is 0 Å². The maximum atomic E-state index is 13.4. The molecule has 28 heavy (non-hydrogen) atoms. The van der Waals surface area contributed by atoms with Crippen LogP contribution in [0.3, 0.4) is 0 Å². The second-order valence-electron chi connectivity index (χ2n) is 6.64. The number of aromatic nitrogens is 2. The molecule has 1 aliphatic rings. The molecule has 0 amide bonds. The van der Waals surface area contributed by atoms with Crippen LogP contribution in [0.4, 0.5) is 14.7 Å². The third kappa shape index (κ3) is 3.27. The molecule has 4 aromatic rings.